The predicted molar refractivity (Wildman–Crippen MR) is 54.4 cm³/mol. The maximum atomic E-state index is 9.46. The first-order valence-electron chi connectivity index (χ1n) is 4.66. The molecule has 0 radical (unpaired) electrons. The molecular weight excluding hydrogens is 162 g/mol. The minimum atomic E-state index is -0.389. The molecular formula is C11H17NO. The molecule has 2 atom stereocenters. The molecule has 0 aromatic heterocycles. The van der Waals surface area contributed by atoms with Crippen LogP contribution in [0.4, 0.5) is 0 Å². The van der Waals surface area contributed by atoms with E-state index in [1.165, 1.54) is 5.56 Å². The molecule has 0 spiro atoms. The minimum absolute atomic E-state index is 0.229. The summed E-state index contributed by atoms with van der Waals surface area (Å²) in [6.07, 6.45) is 0.499. The van der Waals surface area contributed by atoms with E-state index in [1.807, 2.05) is 25.1 Å². The molecule has 2 nitrogen and oxygen atoms in total. The van der Waals surface area contributed by atoms with Gasteiger partial charge < -0.3 is 10.8 Å². The van der Waals surface area contributed by atoms with Crippen molar-refractivity contribution in [2.24, 2.45) is 11.7 Å². The fraction of sp³-hybridized carbons (Fsp3) is 0.455. The molecule has 1 aromatic rings. The third-order valence-electron chi connectivity index (χ3n) is 2.30. The number of aliphatic hydroxyl groups is 1. The quantitative estimate of drug-likeness (QED) is 0.729. The van der Waals surface area contributed by atoms with E-state index in [4.69, 9.17) is 5.73 Å². The first kappa shape index (κ1) is 10.2. The van der Waals surface area contributed by atoms with Gasteiger partial charge in [0.1, 0.15) is 0 Å². The lowest BCUT2D eigenvalue weighted by Crippen LogP contribution is -2.28. The van der Waals surface area contributed by atoms with Crippen LogP contribution in [-0.4, -0.2) is 17.8 Å². The molecule has 1 rings (SSSR count). The van der Waals surface area contributed by atoms with Gasteiger partial charge in [-0.15, -0.1) is 0 Å². The predicted octanol–water partition coefficient (Wildman–Crippen LogP) is 1.18. The Labute approximate surface area is 79.4 Å². The van der Waals surface area contributed by atoms with Crippen LogP contribution in [0.15, 0.2) is 30.3 Å². The van der Waals surface area contributed by atoms with Gasteiger partial charge in [-0.25, -0.2) is 0 Å². The summed E-state index contributed by atoms with van der Waals surface area (Å²) in [5, 5.41) is 9.46. The second-order valence-corrected chi connectivity index (χ2v) is 3.47. The van der Waals surface area contributed by atoms with E-state index in [2.05, 4.69) is 12.1 Å². The summed E-state index contributed by atoms with van der Waals surface area (Å²) in [4.78, 5) is 0. The maximum Gasteiger partial charge on any atom is 0.0691 e. The van der Waals surface area contributed by atoms with E-state index in [0.29, 0.717) is 6.54 Å². The van der Waals surface area contributed by atoms with Crippen molar-refractivity contribution < 1.29 is 5.11 Å². The van der Waals surface area contributed by atoms with Crippen molar-refractivity contribution in [3.05, 3.63) is 35.9 Å². The molecule has 0 heterocycles. The highest BCUT2D eigenvalue weighted by Crippen LogP contribution is 2.10. The van der Waals surface area contributed by atoms with Crippen LogP contribution >= 0.6 is 0 Å². The summed E-state index contributed by atoms with van der Waals surface area (Å²) >= 11 is 0. The Morgan fingerprint density at radius 3 is 2.46 bits per heavy atom. The fourth-order valence-corrected chi connectivity index (χ4v) is 1.35. The molecule has 3 N–H and O–H groups in total. The number of nitrogens with two attached hydrogens (primary N) is 1. The number of aliphatic hydroxyl groups excluding tert-OH is 1. The molecule has 0 fully saturated rings. The SMILES string of the molecule is C[C@@H](Cc1ccccc1)C(O)CN. The van der Waals surface area contributed by atoms with Gasteiger partial charge in [-0.05, 0) is 17.9 Å². The Morgan fingerprint density at radius 1 is 1.31 bits per heavy atom. The molecule has 72 valence electrons. The third-order valence-corrected chi connectivity index (χ3v) is 2.30. The second kappa shape index (κ2) is 5.00. The maximum absolute atomic E-state index is 9.46. The summed E-state index contributed by atoms with van der Waals surface area (Å²) in [7, 11) is 0. The number of hydrogen-bond acceptors (Lipinski definition) is 2. The molecule has 0 aliphatic rings. The van der Waals surface area contributed by atoms with E-state index >= 15 is 0 Å². The highest BCUT2D eigenvalue weighted by Gasteiger charge is 2.12. The zero-order valence-corrected chi connectivity index (χ0v) is 7.98. The van der Waals surface area contributed by atoms with Crippen molar-refractivity contribution in [3.63, 3.8) is 0 Å². The van der Waals surface area contributed by atoms with Crippen LogP contribution in [0.25, 0.3) is 0 Å². The smallest absolute Gasteiger partial charge is 0.0691 e. The molecule has 0 aliphatic carbocycles. The summed E-state index contributed by atoms with van der Waals surface area (Å²) in [6, 6.07) is 10.2. The zero-order valence-electron chi connectivity index (χ0n) is 7.98. The number of benzene rings is 1. The van der Waals surface area contributed by atoms with Gasteiger partial charge >= 0.3 is 0 Å². The van der Waals surface area contributed by atoms with Crippen LogP contribution in [0.3, 0.4) is 0 Å². The summed E-state index contributed by atoms with van der Waals surface area (Å²) < 4.78 is 0. The number of rotatable bonds is 4. The third kappa shape index (κ3) is 3.17. The Balaban J connectivity index is 2.50. The molecule has 1 unspecified atom stereocenters. The van der Waals surface area contributed by atoms with Crippen molar-refractivity contribution in [1.82, 2.24) is 0 Å². The van der Waals surface area contributed by atoms with Crippen LogP contribution in [0.5, 0.6) is 0 Å². The lowest BCUT2D eigenvalue weighted by atomic mass is 9.96. The monoisotopic (exact) mass is 179 g/mol. The van der Waals surface area contributed by atoms with Gasteiger partial charge in [-0.3, -0.25) is 0 Å². The van der Waals surface area contributed by atoms with Crippen molar-refractivity contribution in [1.29, 1.82) is 0 Å². The van der Waals surface area contributed by atoms with E-state index in [1.54, 1.807) is 0 Å². The Hall–Kier alpha value is -0.860. The van der Waals surface area contributed by atoms with E-state index in [-0.39, 0.29) is 12.0 Å². The first-order chi connectivity index (χ1) is 6.24. The summed E-state index contributed by atoms with van der Waals surface area (Å²) in [5.41, 5.74) is 6.63. The largest absolute Gasteiger partial charge is 0.392 e. The van der Waals surface area contributed by atoms with E-state index in [9.17, 15) is 5.11 Å². The molecule has 0 saturated carbocycles. The second-order valence-electron chi connectivity index (χ2n) is 3.47. The van der Waals surface area contributed by atoms with Gasteiger partial charge in [-0.1, -0.05) is 37.3 Å². The van der Waals surface area contributed by atoms with E-state index in [0.717, 1.165) is 6.42 Å². The Bertz CT molecular complexity index is 235. The van der Waals surface area contributed by atoms with Crippen molar-refractivity contribution in [3.8, 4) is 0 Å². The van der Waals surface area contributed by atoms with Gasteiger partial charge in [0.05, 0.1) is 6.10 Å². The van der Waals surface area contributed by atoms with Crippen molar-refractivity contribution in [2.45, 2.75) is 19.4 Å². The Kier molecular flexibility index (Phi) is 3.93. The fourth-order valence-electron chi connectivity index (χ4n) is 1.35. The average molecular weight is 179 g/mol. The zero-order chi connectivity index (χ0) is 9.68. The lowest BCUT2D eigenvalue weighted by molar-refractivity contribution is 0.124. The average Bonchev–Trinajstić information content (AvgIpc) is 2.18. The van der Waals surface area contributed by atoms with Crippen LogP contribution in [0, 0.1) is 5.92 Å². The molecule has 1 aromatic carbocycles. The molecule has 13 heavy (non-hydrogen) atoms. The van der Waals surface area contributed by atoms with E-state index < -0.39 is 0 Å². The standard InChI is InChI=1S/C11H17NO/c1-9(11(13)8-12)7-10-5-3-2-4-6-10/h2-6,9,11,13H,7-8,12H2,1H3/t9-,11?/m0/s1. The summed E-state index contributed by atoms with van der Waals surface area (Å²) in [5.74, 6) is 0.229. The topological polar surface area (TPSA) is 46.2 Å². The van der Waals surface area contributed by atoms with Crippen LogP contribution in [0.1, 0.15) is 12.5 Å². The Morgan fingerprint density at radius 2 is 1.92 bits per heavy atom. The molecule has 0 amide bonds. The highest BCUT2D eigenvalue weighted by atomic mass is 16.3. The van der Waals surface area contributed by atoms with Gasteiger partial charge in [0, 0.05) is 6.54 Å². The normalized spacial score (nSPS) is 15.3. The minimum Gasteiger partial charge on any atom is -0.392 e. The molecule has 0 bridgehead atoms. The summed E-state index contributed by atoms with van der Waals surface area (Å²) in [6.45, 7) is 2.36. The highest BCUT2D eigenvalue weighted by molar-refractivity contribution is 5.15. The van der Waals surface area contributed by atoms with Crippen LogP contribution in [-0.2, 0) is 6.42 Å². The van der Waals surface area contributed by atoms with Crippen molar-refractivity contribution in [2.75, 3.05) is 6.54 Å². The van der Waals surface area contributed by atoms with Gasteiger partial charge in [0.2, 0.25) is 0 Å². The van der Waals surface area contributed by atoms with Crippen LogP contribution in [0.2, 0.25) is 0 Å². The molecule has 0 aliphatic heterocycles. The van der Waals surface area contributed by atoms with Crippen molar-refractivity contribution >= 4 is 0 Å². The van der Waals surface area contributed by atoms with Gasteiger partial charge in [-0.2, -0.15) is 0 Å². The lowest BCUT2D eigenvalue weighted by Gasteiger charge is -2.16. The van der Waals surface area contributed by atoms with Gasteiger partial charge in [0.25, 0.3) is 0 Å². The first-order valence-corrected chi connectivity index (χ1v) is 4.66. The molecule has 2 heteroatoms. The van der Waals surface area contributed by atoms with Gasteiger partial charge in [0.15, 0.2) is 0 Å². The van der Waals surface area contributed by atoms with Crippen LogP contribution < -0.4 is 5.73 Å². The number of hydrogen-bond donors (Lipinski definition) is 2. The molecule has 0 saturated heterocycles.